The zero-order chi connectivity index (χ0) is 15.3. The minimum atomic E-state index is -0.442. The van der Waals surface area contributed by atoms with Gasteiger partial charge in [-0.2, -0.15) is 0 Å². The maximum Gasteiger partial charge on any atom is 0.326 e. The van der Waals surface area contributed by atoms with Gasteiger partial charge >= 0.3 is 5.97 Å². The average Bonchev–Trinajstić information content (AvgIpc) is 2.96. The maximum atomic E-state index is 12.2. The van der Waals surface area contributed by atoms with E-state index in [4.69, 9.17) is 4.74 Å². The molecule has 1 N–H and O–H groups in total. The topological polar surface area (TPSA) is 41.6 Å². The van der Waals surface area contributed by atoms with Crippen LogP contribution in [0.2, 0.25) is 0 Å². The number of ether oxygens (including phenoxy) is 1. The molecule has 0 saturated heterocycles. The van der Waals surface area contributed by atoms with Crippen LogP contribution in [0.3, 0.4) is 0 Å². The second kappa shape index (κ2) is 7.59. The molecule has 21 heavy (non-hydrogen) atoms. The van der Waals surface area contributed by atoms with Crippen molar-refractivity contribution in [3.05, 3.63) is 0 Å². The summed E-state index contributed by atoms with van der Waals surface area (Å²) in [4.78, 5) is 14.7. The van der Waals surface area contributed by atoms with Crippen LogP contribution in [0.15, 0.2) is 0 Å². The number of esters is 1. The number of rotatable bonds is 6. The molecule has 0 radical (unpaired) electrons. The molecule has 0 aliphatic heterocycles. The Morgan fingerprint density at radius 2 is 1.95 bits per heavy atom. The van der Waals surface area contributed by atoms with Gasteiger partial charge in [-0.05, 0) is 58.7 Å². The molecule has 4 heteroatoms. The van der Waals surface area contributed by atoms with Gasteiger partial charge in [-0.25, -0.2) is 0 Å². The molecule has 0 amide bonds. The van der Waals surface area contributed by atoms with E-state index in [1.807, 2.05) is 7.05 Å². The summed E-state index contributed by atoms with van der Waals surface area (Å²) >= 11 is 0. The highest BCUT2D eigenvalue weighted by atomic mass is 16.5. The van der Waals surface area contributed by atoms with Crippen molar-refractivity contribution in [2.45, 2.75) is 69.4 Å². The Hall–Kier alpha value is -0.610. The lowest BCUT2D eigenvalue weighted by atomic mass is 9.84. The number of nitrogens with zero attached hydrogens (tertiary/aromatic N) is 1. The molecule has 2 aliphatic rings. The molecular weight excluding hydrogens is 264 g/mol. The summed E-state index contributed by atoms with van der Waals surface area (Å²) in [7, 11) is 5.66. The maximum absolute atomic E-state index is 12.2. The number of methoxy groups -OCH3 is 1. The second-order valence-electron chi connectivity index (χ2n) is 6.86. The molecule has 0 aromatic carbocycles. The monoisotopic (exact) mass is 296 g/mol. The first-order valence-corrected chi connectivity index (χ1v) is 8.61. The van der Waals surface area contributed by atoms with Crippen LogP contribution in [0.25, 0.3) is 0 Å². The highest BCUT2D eigenvalue weighted by Gasteiger charge is 2.48. The van der Waals surface area contributed by atoms with E-state index in [2.05, 4.69) is 17.3 Å². The number of hydrogen-bond acceptors (Lipinski definition) is 4. The third kappa shape index (κ3) is 3.59. The molecule has 2 aliphatic carbocycles. The zero-order valence-corrected chi connectivity index (χ0v) is 14.0. The van der Waals surface area contributed by atoms with Gasteiger partial charge in [0.15, 0.2) is 0 Å². The van der Waals surface area contributed by atoms with Crippen LogP contribution < -0.4 is 5.32 Å². The van der Waals surface area contributed by atoms with E-state index >= 15 is 0 Å². The highest BCUT2D eigenvalue weighted by Crippen LogP contribution is 2.39. The molecule has 0 aromatic heterocycles. The summed E-state index contributed by atoms with van der Waals surface area (Å²) in [6, 6.07) is 0.752. The van der Waals surface area contributed by atoms with Gasteiger partial charge in [-0.15, -0.1) is 0 Å². The van der Waals surface area contributed by atoms with Gasteiger partial charge in [0, 0.05) is 6.04 Å². The lowest BCUT2D eigenvalue weighted by molar-refractivity contribution is -0.150. The van der Waals surface area contributed by atoms with Crippen molar-refractivity contribution in [2.75, 3.05) is 27.7 Å². The van der Waals surface area contributed by atoms with Crippen molar-refractivity contribution >= 4 is 5.97 Å². The Morgan fingerprint density at radius 3 is 2.57 bits per heavy atom. The summed E-state index contributed by atoms with van der Waals surface area (Å²) in [5, 5.41) is 3.29. The van der Waals surface area contributed by atoms with Gasteiger partial charge in [0.05, 0.1) is 7.11 Å². The average molecular weight is 296 g/mol. The SMILES string of the molecule is CNC1(C(=O)OC)CCCC1CCN(C)C1CCCCC1. The predicted octanol–water partition coefficient (Wildman–Crippen LogP) is 2.57. The molecule has 122 valence electrons. The fraction of sp³-hybridized carbons (Fsp3) is 0.941. The van der Waals surface area contributed by atoms with Crippen molar-refractivity contribution in [3.8, 4) is 0 Å². The molecule has 0 aromatic rings. The third-order valence-corrected chi connectivity index (χ3v) is 5.84. The number of likely N-dealkylation sites (N-methyl/N-ethyl adjacent to an activating group) is 1. The van der Waals surface area contributed by atoms with E-state index in [1.54, 1.807) is 0 Å². The van der Waals surface area contributed by atoms with Crippen molar-refractivity contribution in [1.29, 1.82) is 0 Å². The molecule has 0 bridgehead atoms. The smallest absolute Gasteiger partial charge is 0.326 e. The van der Waals surface area contributed by atoms with E-state index < -0.39 is 5.54 Å². The molecule has 2 saturated carbocycles. The lowest BCUT2D eigenvalue weighted by Gasteiger charge is -2.35. The zero-order valence-electron chi connectivity index (χ0n) is 14.0. The van der Waals surface area contributed by atoms with E-state index in [9.17, 15) is 4.79 Å². The van der Waals surface area contributed by atoms with Crippen LogP contribution >= 0.6 is 0 Å². The number of hydrogen-bond donors (Lipinski definition) is 1. The molecule has 2 atom stereocenters. The third-order valence-electron chi connectivity index (χ3n) is 5.84. The number of nitrogens with one attached hydrogen (secondary N) is 1. The lowest BCUT2D eigenvalue weighted by Crippen LogP contribution is -2.54. The Morgan fingerprint density at radius 1 is 1.24 bits per heavy atom. The van der Waals surface area contributed by atoms with Gasteiger partial charge in [-0.3, -0.25) is 4.79 Å². The predicted molar refractivity (Wildman–Crippen MR) is 85.3 cm³/mol. The Balaban J connectivity index is 1.90. The summed E-state index contributed by atoms with van der Waals surface area (Å²) in [5.74, 6) is 0.328. The fourth-order valence-electron chi connectivity index (χ4n) is 4.41. The minimum Gasteiger partial charge on any atom is -0.468 e. The molecule has 4 nitrogen and oxygen atoms in total. The van der Waals surface area contributed by atoms with Crippen molar-refractivity contribution in [2.24, 2.45) is 5.92 Å². The van der Waals surface area contributed by atoms with Gasteiger partial charge in [0.2, 0.25) is 0 Å². The van der Waals surface area contributed by atoms with E-state index in [-0.39, 0.29) is 5.97 Å². The second-order valence-corrected chi connectivity index (χ2v) is 6.86. The normalized spacial score (nSPS) is 30.8. The van der Waals surface area contributed by atoms with E-state index in [0.29, 0.717) is 5.92 Å². The molecular formula is C17H32N2O2. The summed E-state index contributed by atoms with van der Waals surface area (Å²) in [5.41, 5.74) is -0.442. The van der Waals surface area contributed by atoms with Crippen molar-refractivity contribution in [3.63, 3.8) is 0 Å². The standard InChI is InChI=1S/C17H32N2O2/c1-18-17(16(20)21-3)12-7-8-14(17)11-13-19(2)15-9-5-4-6-10-15/h14-15,18H,4-13H2,1-3H3. The van der Waals surface area contributed by atoms with Crippen LogP contribution in [-0.2, 0) is 9.53 Å². The van der Waals surface area contributed by atoms with E-state index in [0.717, 1.165) is 38.3 Å². The first kappa shape index (κ1) is 16.8. The molecule has 0 heterocycles. The van der Waals surface area contributed by atoms with Crippen molar-refractivity contribution < 1.29 is 9.53 Å². The molecule has 2 rings (SSSR count). The first-order valence-electron chi connectivity index (χ1n) is 8.61. The van der Waals surface area contributed by atoms with Gasteiger partial charge in [0.25, 0.3) is 0 Å². The first-order chi connectivity index (χ1) is 10.1. The van der Waals surface area contributed by atoms with E-state index in [1.165, 1.54) is 39.2 Å². The Kier molecular flexibility index (Phi) is 6.06. The minimum absolute atomic E-state index is 0.0761. The van der Waals surface area contributed by atoms with Gasteiger partial charge < -0.3 is 15.0 Å². The van der Waals surface area contributed by atoms with Crippen LogP contribution in [0.4, 0.5) is 0 Å². The fourth-order valence-corrected chi connectivity index (χ4v) is 4.41. The van der Waals surface area contributed by atoms with Crippen LogP contribution in [0, 0.1) is 5.92 Å². The molecule has 2 unspecified atom stereocenters. The van der Waals surface area contributed by atoms with Crippen LogP contribution in [0.1, 0.15) is 57.8 Å². The number of carbonyl (C=O) groups excluding carboxylic acids is 1. The van der Waals surface area contributed by atoms with Crippen molar-refractivity contribution in [1.82, 2.24) is 10.2 Å². The van der Waals surface area contributed by atoms with Gasteiger partial charge in [-0.1, -0.05) is 25.7 Å². The largest absolute Gasteiger partial charge is 0.468 e. The quantitative estimate of drug-likeness (QED) is 0.765. The Labute approximate surface area is 129 Å². The summed E-state index contributed by atoms with van der Waals surface area (Å²) in [6.07, 6.45) is 11.1. The summed E-state index contributed by atoms with van der Waals surface area (Å²) < 4.78 is 5.07. The number of carbonyl (C=O) groups is 1. The Bertz CT molecular complexity index is 342. The molecule has 2 fully saturated rings. The highest BCUT2D eigenvalue weighted by molar-refractivity contribution is 5.81. The molecule has 0 spiro atoms. The summed E-state index contributed by atoms with van der Waals surface area (Å²) in [6.45, 7) is 1.09. The van der Waals surface area contributed by atoms with Crippen LogP contribution in [0.5, 0.6) is 0 Å². The van der Waals surface area contributed by atoms with Crippen LogP contribution in [-0.4, -0.2) is 50.2 Å². The van der Waals surface area contributed by atoms with Gasteiger partial charge in [0.1, 0.15) is 5.54 Å².